The third-order valence-electron chi connectivity index (χ3n) is 3.26. The molecule has 2 rings (SSSR count). The lowest BCUT2D eigenvalue weighted by Crippen LogP contribution is -2.27. The van der Waals surface area contributed by atoms with Crippen LogP contribution in [-0.2, 0) is 4.79 Å². The van der Waals surface area contributed by atoms with Crippen LogP contribution in [0.25, 0.3) is 0 Å². The van der Waals surface area contributed by atoms with Gasteiger partial charge in [0.15, 0.2) is 0 Å². The van der Waals surface area contributed by atoms with Crippen molar-refractivity contribution in [2.24, 2.45) is 5.92 Å². The maximum Gasteiger partial charge on any atom is 0.228 e. The fourth-order valence-corrected chi connectivity index (χ4v) is 3.51. The lowest BCUT2D eigenvalue weighted by molar-refractivity contribution is -0.119. The van der Waals surface area contributed by atoms with Crippen LogP contribution in [-0.4, -0.2) is 31.6 Å². The smallest absolute Gasteiger partial charge is 0.228 e. The Labute approximate surface area is 128 Å². The highest BCUT2D eigenvalue weighted by Crippen LogP contribution is 2.36. The molecule has 0 aromatic heterocycles. The summed E-state index contributed by atoms with van der Waals surface area (Å²) in [5.74, 6) is 3.15. The van der Waals surface area contributed by atoms with Crippen molar-refractivity contribution in [2.75, 3.05) is 31.0 Å². The van der Waals surface area contributed by atoms with Crippen LogP contribution < -0.4 is 14.8 Å². The van der Waals surface area contributed by atoms with E-state index in [9.17, 15) is 4.79 Å². The largest absolute Gasteiger partial charge is 0.495 e. The maximum absolute atomic E-state index is 12.3. The van der Waals surface area contributed by atoms with E-state index in [0.717, 1.165) is 24.3 Å². The van der Waals surface area contributed by atoms with Gasteiger partial charge in [-0.3, -0.25) is 4.79 Å². The fourth-order valence-electron chi connectivity index (χ4n) is 2.14. The van der Waals surface area contributed by atoms with Crippen molar-refractivity contribution in [3.8, 4) is 11.5 Å². The van der Waals surface area contributed by atoms with Crippen molar-refractivity contribution >= 4 is 35.0 Å². The number of anilines is 1. The van der Waals surface area contributed by atoms with E-state index in [-0.39, 0.29) is 11.8 Å². The number of thioether (sulfide) groups is 1. The van der Waals surface area contributed by atoms with Crippen molar-refractivity contribution in [3.63, 3.8) is 0 Å². The van der Waals surface area contributed by atoms with E-state index >= 15 is 0 Å². The molecule has 0 spiro atoms. The molecule has 4 nitrogen and oxygen atoms in total. The highest BCUT2D eigenvalue weighted by molar-refractivity contribution is 7.99. The Morgan fingerprint density at radius 3 is 2.70 bits per heavy atom. The van der Waals surface area contributed by atoms with Gasteiger partial charge in [-0.05, 0) is 18.6 Å². The molecule has 1 atom stereocenters. The summed E-state index contributed by atoms with van der Waals surface area (Å²) in [6.07, 6.45) is 2.02. The van der Waals surface area contributed by atoms with Crippen molar-refractivity contribution in [2.45, 2.75) is 12.8 Å². The van der Waals surface area contributed by atoms with E-state index in [2.05, 4.69) is 5.32 Å². The highest BCUT2D eigenvalue weighted by Gasteiger charge is 2.23. The molecule has 20 heavy (non-hydrogen) atoms. The second-order valence-corrected chi connectivity index (χ2v) is 6.15. The molecule has 1 fully saturated rings. The molecule has 110 valence electrons. The van der Waals surface area contributed by atoms with Crippen LogP contribution >= 0.6 is 23.4 Å². The number of amides is 1. The predicted octanol–water partition coefficient (Wildman–Crippen LogP) is 3.44. The number of halogens is 1. The van der Waals surface area contributed by atoms with Crippen molar-refractivity contribution in [1.29, 1.82) is 0 Å². The molecular weight excluding hydrogens is 298 g/mol. The minimum Gasteiger partial charge on any atom is -0.495 e. The zero-order valence-electron chi connectivity index (χ0n) is 11.6. The summed E-state index contributed by atoms with van der Waals surface area (Å²) in [7, 11) is 3.08. The van der Waals surface area contributed by atoms with Gasteiger partial charge in [0.1, 0.15) is 11.5 Å². The summed E-state index contributed by atoms with van der Waals surface area (Å²) in [4.78, 5) is 12.3. The zero-order valence-corrected chi connectivity index (χ0v) is 13.1. The van der Waals surface area contributed by atoms with Gasteiger partial charge in [0.25, 0.3) is 0 Å². The zero-order chi connectivity index (χ0) is 14.5. The molecule has 1 unspecified atom stereocenters. The molecule has 1 aliphatic rings. The molecule has 1 amide bonds. The molecule has 1 aliphatic heterocycles. The Morgan fingerprint density at radius 2 is 2.10 bits per heavy atom. The molecular formula is C14H18ClNO3S. The molecule has 1 N–H and O–H groups in total. The summed E-state index contributed by atoms with van der Waals surface area (Å²) in [5.41, 5.74) is 0.592. The Balaban J connectivity index is 2.16. The topological polar surface area (TPSA) is 47.6 Å². The number of benzene rings is 1. The van der Waals surface area contributed by atoms with Crippen molar-refractivity contribution in [3.05, 3.63) is 17.2 Å². The molecule has 1 heterocycles. The van der Waals surface area contributed by atoms with Gasteiger partial charge < -0.3 is 14.8 Å². The van der Waals surface area contributed by atoms with Crippen LogP contribution in [0.1, 0.15) is 12.8 Å². The van der Waals surface area contributed by atoms with Crippen LogP contribution in [0.3, 0.4) is 0 Å². The van der Waals surface area contributed by atoms with Gasteiger partial charge in [0.05, 0.1) is 24.9 Å². The SMILES string of the molecule is COc1cc(NC(=O)C2CCCSC2)c(OC)cc1Cl. The molecule has 0 radical (unpaired) electrons. The molecule has 6 heteroatoms. The summed E-state index contributed by atoms with van der Waals surface area (Å²) >= 11 is 7.87. The lowest BCUT2D eigenvalue weighted by atomic mass is 10.0. The van der Waals surface area contributed by atoms with E-state index < -0.39 is 0 Å². The lowest BCUT2D eigenvalue weighted by Gasteiger charge is -2.21. The molecule has 1 aromatic rings. The predicted molar refractivity (Wildman–Crippen MR) is 83.2 cm³/mol. The van der Waals surface area contributed by atoms with E-state index in [4.69, 9.17) is 21.1 Å². The molecule has 1 saturated heterocycles. The van der Waals surface area contributed by atoms with Gasteiger partial charge in [-0.2, -0.15) is 11.8 Å². The van der Waals surface area contributed by atoms with E-state index in [1.54, 1.807) is 19.2 Å². The van der Waals surface area contributed by atoms with E-state index in [1.807, 2.05) is 11.8 Å². The van der Waals surface area contributed by atoms with Gasteiger partial charge in [-0.15, -0.1) is 0 Å². The first-order valence-electron chi connectivity index (χ1n) is 6.46. The number of nitrogens with one attached hydrogen (secondary N) is 1. The van der Waals surface area contributed by atoms with E-state index in [1.165, 1.54) is 7.11 Å². The second-order valence-electron chi connectivity index (χ2n) is 4.59. The average molecular weight is 316 g/mol. The monoisotopic (exact) mass is 315 g/mol. The van der Waals surface area contributed by atoms with Crippen molar-refractivity contribution < 1.29 is 14.3 Å². The molecule has 0 bridgehead atoms. The normalized spacial score (nSPS) is 18.4. The number of ether oxygens (including phenoxy) is 2. The van der Waals surface area contributed by atoms with Crippen LogP contribution in [0.5, 0.6) is 11.5 Å². The number of hydrogen-bond donors (Lipinski definition) is 1. The average Bonchev–Trinajstić information content (AvgIpc) is 2.49. The first-order valence-corrected chi connectivity index (χ1v) is 7.99. The Hall–Kier alpha value is -1.07. The summed E-state index contributed by atoms with van der Waals surface area (Å²) in [6, 6.07) is 3.33. The number of carbonyl (C=O) groups is 1. The Morgan fingerprint density at radius 1 is 1.35 bits per heavy atom. The molecule has 1 aromatic carbocycles. The van der Waals surface area contributed by atoms with Gasteiger partial charge >= 0.3 is 0 Å². The third-order valence-corrected chi connectivity index (χ3v) is 4.77. The van der Waals surface area contributed by atoms with Crippen LogP contribution in [0, 0.1) is 5.92 Å². The van der Waals surface area contributed by atoms with Gasteiger partial charge in [0, 0.05) is 23.8 Å². The van der Waals surface area contributed by atoms with Crippen molar-refractivity contribution in [1.82, 2.24) is 0 Å². The molecule has 0 aliphatic carbocycles. The maximum atomic E-state index is 12.3. The number of hydrogen-bond acceptors (Lipinski definition) is 4. The minimum atomic E-state index is 0.0277. The van der Waals surface area contributed by atoms with E-state index in [0.29, 0.717) is 22.2 Å². The minimum absolute atomic E-state index is 0.0277. The number of carbonyl (C=O) groups excluding carboxylic acids is 1. The fraction of sp³-hybridized carbons (Fsp3) is 0.500. The first kappa shape index (κ1) is 15.3. The number of methoxy groups -OCH3 is 2. The third kappa shape index (κ3) is 3.52. The second kappa shape index (κ2) is 7.09. The van der Waals surface area contributed by atoms with Crippen LogP contribution in [0.2, 0.25) is 5.02 Å². The quantitative estimate of drug-likeness (QED) is 0.924. The van der Waals surface area contributed by atoms with Crippen LogP contribution in [0.15, 0.2) is 12.1 Å². The summed E-state index contributed by atoms with van der Waals surface area (Å²) < 4.78 is 10.4. The van der Waals surface area contributed by atoms with Gasteiger partial charge in [-0.25, -0.2) is 0 Å². The standard InChI is InChI=1S/C14H18ClNO3S/c1-18-12-7-11(13(19-2)6-10(12)15)16-14(17)9-4-3-5-20-8-9/h6-7,9H,3-5,8H2,1-2H3,(H,16,17). The summed E-state index contributed by atoms with van der Waals surface area (Å²) in [5, 5.41) is 3.37. The highest BCUT2D eigenvalue weighted by atomic mass is 35.5. The molecule has 0 saturated carbocycles. The summed E-state index contributed by atoms with van der Waals surface area (Å²) in [6.45, 7) is 0. The first-order chi connectivity index (χ1) is 9.65. The van der Waals surface area contributed by atoms with Gasteiger partial charge in [0.2, 0.25) is 5.91 Å². The number of rotatable bonds is 4. The Bertz CT molecular complexity index is 490. The van der Waals surface area contributed by atoms with Crippen LogP contribution in [0.4, 0.5) is 5.69 Å². The Kier molecular flexibility index (Phi) is 5.43. The van der Waals surface area contributed by atoms with Gasteiger partial charge in [-0.1, -0.05) is 11.6 Å².